The molecule has 4 aromatic rings. The number of amides is 1. The van der Waals surface area contributed by atoms with Gasteiger partial charge in [0.25, 0.3) is 11.5 Å². The summed E-state index contributed by atoms with van der Waals surface area (Å²) in [5.74, 6) is 0.735. The van der Waals surface area contributed by atoms with E-state index in [1.54, 1.807) is 26.5 Å². The van der Waals surface area contributed by atoms with Crippen molar-refractivity contribution in [2.45, 2.75) is 27.3 Å². The van der Waals surface area contributed by atoms with E-state index in [0.29, 0.717) is 31.0 Å². The van der Waals surface area contributed by atoms with E-state index in [4.69, 9.17) is 0 Å². The van der Waals surface area contributed by atoms with Gasteiger partial charge in [0, 0.05) is 30.8 Å². The normalized spacial score (nSPS) is 13.8. The molecule has 1 amide bonds. The molecule has 0 spiro atoms. The average molecular weight is 444 g/mol. The maximum Gasteiger partial charge on any atom is 0.266 e. The Balaban J connectivity index is 1.27. The molecule has 0 saturated carbocycles. The molecule has 0 N–H and O–H groups in total. The van der Waals surface area contributed by atoms with E-state index in [9.17, 15) is 9.59 Å². The SMILES string of the molecule is Cc1cc(C)n(-c2ccc(=O)n(CC3CN(C(=O)c4cnn(-c5ccccc5)c4C)C3)n2)n1. The van der Waals surface area contributed by atoms with Crippen LogP contribution in [0.2, 0.25) is 0 Å². The minimum Gasteiger partial charge on any atom is -0.338 e. The number of aryl methyl sites for hydroxylation is 2. The minimum atomic E-state index is -0.162. The summed E-state index contributed by atoms with van der Waals surface area (Å²) in [6.07, 6.45) is 1.63. The number of carbonyl (C=O) groups is 1. The van der Waals surface area contributed by atoms with Crippen molar-refractivity contribution >= 4 is 5.91 Å². The van der Waals surface area contributed by atoms with Gasteiger partial charge in [-0.2, -0.15) is 10.2 Å². The number of hydrogen-bond donors (Lipinski definition) is 0. The molecule has 1 fully saturated rings. The van der Waals surface area contributed by atoms with Crippen LogP contribution in [0.3, 0.4) is 0 Å². The number of carbonyl (C=O) groups excluding carboxylic acids is 1. The molecule has 0 radical (unpaired) electrons. The van der Waals surface area contributed by atoms with E-state index in [2.05, 4.69) is 15.3 Å². The lowest BCUT2D eigenvalue weighted by atomic mass is 9.99. The van der Waals surface area contributed by atoms with Crippen LogP contribution in [0.25, 0.3) is 11.5 Å². The summed E-state index contributed by atoms with van der Waals surface area (Å²) in [7, 11) is 0. The van der Waals surface area contributed by atoms with Crippen LogP contribution in [0.1, 0.15) is 27.4 Å². The first-order valence-electron chi connectivity index (χ1n) is 10.9. The summed E-state index contributed by atoms with van der Waals surface area (Å²) in [6.45, 7) is 7.38. The Kier molecular flexibility index (Phi) is 5.16. The third-order valence-corrected chi connectivity index (χ3v) is 6.00. The molecule has 0 aliphatic carbocycles. The highest BCUT2D eigenvalue weighted by atomic mass is 16.2. The lowest BCUT2D eigenvalue weighted by Crippen LogP contribution is -2.52. The predicted octanol–water partition coefficient (Wildman–Crippen LogP) is 2.31. The van der Waals surface area contributed by atoms with Gasteiger partial charge in [-0.25, -0.2) is 14.0 Å². The van der Waals surface area contributed by atoms with Gasteiger partial charge in [0.15, 0.2) is 5.82 Å². The summed E-state index contributed by atoms with van der Waals surface area (Å²) in [5.41, 5.74) is 4.01. The molecule has 33 heavy (non-hydrogen) atoms. The smallest absolute Gasteiger partial charge is 0.266 e. The fourth-order valence-electron chi connectivity index (χ4n) is 4.26. The van der Waals surface area contributed by atoms with Gasteiger partial charge >= 0.3 is 0 Å². The van der Waals surface area contributed by atoms with Crippen LogP contribution < -0.4 is 5.56 Å². The van der Waals surface area contributed by atoms with E-state index in [1.165, 1.54) is 10.7 Å². The number of benzene rings is 1. The van der Waals surface area contributed by atoms with Crippen molar-refractivity contribution in [3.8, 4) is 11.5 Å². The van der Waals surface area contributed by atoms with Gasteiger partial charge < -0.3 is 4.90 Å². The second kappa shape index (κ2) is 8.16. The van der Waals surface area contributed by atoms with Crippen LogP contribution in [0.4, 0.5) is 0 Å². The van der Waals surface area contributed by atoms with E-state index in [0.717, 1.165) is 22.8 Å². The van der Waals surface area contributed by atoms with Gasteiger partial charge in [-0.1, -0.05) is 18.2 Å². The molecule has 9 nitrogen and oxygen atoms in total. The van der Waals surface area contributed by atoms with Gasteiger partial charge in [0.2, 0.25) is 0 Å². The largest absolute Gasteiger partial charge is 0.338 e. The molecule has 1 aliphatic heterocycles. The van der Waals surface area contributed by atoms with Crippen LogP contribution in [-0.4, -0.2) is 53.2 Å². The number of rotatable bonds is 5. The standard InChI is InChI=1S/C24H25N7O2/c1-16-11-17(2)30(26-16)22-9-10-23(32)29(27-22)15-19-13-28(14-19)24(33)21-12-25-31(18(21)3)20-7-5-4-6-8-20/h4-12,19H,13-15H2,1-3H3. The summed E-state index contributed by atoms with van der Waals surface area (Å²) >= 11 is 0. The fourth-order valence-corrected chi connectivity index (χ4v) is 4.26. The quantitative estimate of drug-likeness (QED) is 0.472. The number of aromatic nitrogens is 6. The van der Waals surface area contributed by atoms with Crippen molar-refractivity contribution in [1.82, 2.24) is 34.2 Å². The molecular formula is C24H25N7O2. The van der Waals surface area contributed by atoms with Crippen molar-refractivity contribution in [1.29, 1.82) is 0 Å². The predicted molar refractivity (Wildman–Crippen MR) is 123 cm³/mol. The maximum atomic E-state index is 13.0. The summed E-state index contributed by atoms with van der Waals surface area (Å²) < 4.78 is 4.98. The molecular weight excluding hydrogens is 418 g/mol. The Hall–Kier alpha value is -4.01. The third-order valence-electron chi connectivity index (χ3n) is 6.00. The first-order chi connectivity index (χ1) is 15.9. The van der Waals surface area contributed by atoms with Crippen molar-refractivity contribution in [2.24, 2.45) is 5.92 Å². The van der Waals surface area contributed by atoms with Crippen LogP contribution in [0.5, 0.6) is 0 Å². The van der Waals surface area contributed by atoms with Gasteiger partial charge in [-0.15, -0.1) is 5.10 Å². The maximum absolute atomic E-state index is 13.0. The van der Waals surface area contributed by atoms with Crippen LogP contribution in [0, 0.1) is 26.7 Å². The Bertz CT molecular complexity index is 1380. The van der Waals surface area contributed by atoms with E-state index in [1.807, 2.05) is 57.2 Å². The number of nitrogens with zero attached hydrogens (tertiary/aromatic N) is 7. The van der Waals surface area contributed by atoms with Gasteiger partial charge in [-0.3, -0.25) is 9.59 Å². The van der Waals surface area contributed by atoms with Crippen molar-refractivity contribution in [3.05, 3.63) is 87.7 Å². The molecule has 0 unspecified atom stereocenters. The zero-order valence-corrected chi connectivity index (χ0v) is 18.8. The first kappa shape index (κ1) is 20.9. The van der Waals surface area contributed by atoms with Gasteiger partial charge in [-0.05, 0) is 45.0 Å². The zero-order chi connectivity index (χ0) is 23.1. The van der Waals surface area contributed by atoms with Crippen LogP contribution in [-0.2, 0) is 6.54 Å². The highest BCUT2D eigenvalue weighted by Gasteiger charge is 2.33. The third kappa shape index (κ3) is 3.86. The lowest BCUT2D eigenvalue weighted by Gasteiger charge is -2.39. The van der Waals surface area contributed by atoms with Crippen molar-refractivity contribution < 1.29 is 4.79 Å². The molecule has 3 aromatic heterocycles. The van der Waals surface area contributed by atoms with Crippen molar-refractivity contribution in [2.75, 3.05) is 13.1 Å². The molecule has 1 aromatic carbocycles. The van der Waals surface area contributed by atoms with E-state index >= 15 is 0 Å². The Morgan fingerprint density at radius 2 is 1.76 bits per heavy atom. The van der Waals surface area contributed by atoms with Crippen LogP contribution >= 0.6 is 0 Å². The molecule has 5 rings (SSSR count). The first-order valence-corrected chi connectivity index (χ1v) is 10.9. The second-order valence-corrected chi connectivity index (χ2v) is 8.52. The Morgan fingerprint density at radius 1 is 1.00 bits per heavy atom. The Morgan fingerprint density at radius 3 is 2.45 bits per heavy atom. The summed E-state index contributed by atoms with van der Waals surface area (Å²) in [6, 6.07) is 14.9. The van der Waals surface area contributed by atoms with Crippen LogP contribution in [0.15, 0.2) is 59.5 Å². The second-order valence-electron chi connectivity index (χ2n) is 8.52. The Labute approximate surface area is 190 Å². The highest BCUT2D eigenvalue weighted by Crippen LogP contribution is 2.22. The zero-order valence-electron chi connectivity index (χ0n) is 18.8. The molecule has 168 valence electrons. The molecule has 1 saturated heterocycles. The number of likely N-dealkylation sites (tertiary alicyclic amines) is 1. The molecule has 4 heterocycles. The molecule has 0 atom stereocenters. The molecule has 0 bridgehead atoms. The minimum absolute atomic E-state index is 0.0392. The van der Waals surface area contributed by atoms with E-state index < -0.39 is 0 Å². The topological polar surface area (TPSA) is 90.8 Å². The number of para-hydroxylation sites is 1. The summed E-state index contributed by atoms with van der Waals surface area (Å²) in [5, 5.41) is 13.3. The van der Waals surface area contributed by atoms with Gasteiger partial charge in [0.05, 0.1) is 35.4 Å². The monoisotopic (exact) mass is 443 g/mol. The van der Waals surface area contributed by atoms with E-state index in [-0.39, 0.29) is 17.4 Å². The fraction of sp³-hybridized carbons (Fsp3) is 0.292. The molecule has 9 heteroatoms. The lowest BCUT2D eigenvalue weighted by molar-refractivity contribution is 0.0457. The van der Waals surface area contributed by atoms with Gasteiger partial charge in [0.1, 0.15) is 0 Å². The van der Waals surface area contributed by atoms with Crippen molar-refractivity contribution in [3.63, 3.8) is 0 Å². The average Bonchev–Trinajstić information content (AvgIpc) is 3.33. The highest BCUT2D eigenvalue weighted by molar-refractivity contribution is 5.95. The molecule has 1 aliphatic rings. The summed E-state index contributed by atoms with van der Waals surface area (Å²) in [4.78, 5) is 27.2. The number of hydrogen-bond acceptors (Lipinski definition) is 5.